The molecule has 0 aliphatic carbocycles. The summed E-state index contributed by atoms with van der Waals surface area (Å²) in [5, 5.41) is 1.51. The largest absolute Gasteiger partial charge is 0.373 e. The fraction of sp³-hybridized carbons (Fsp3) is 0.462. The molecule has 2 heterocycles. The first-order chi connectivity index (χ1) is 8.19. The molecule has 0 aromatic heterocycles. The van der Waals surface area contributed by atoms with Crippen molar-refractivity contribution in [3.05, 3.63) is 35.0 Å². The molecule has 1 saturated heterocycles. The number of halogens is 1. The third-order valence-electron chi connectivity index (χ3n) is 2.95. The maximum absolute atomic E-state index is 11.3. The van der Waals surface area contributed by atoms with E-state index in [0.717, 1.165) is 31.0 Å². The smallest absolute Gasteiger partial charge is 0.212 e. The van der Waals surface area contributed by atoms with Crippen molar-refractivity contribution in [3.8, 4) is 0 Å². The lowest BCUT2D eigenvalue weighted by Gasteiger charge is -2.30. The van der Waals surface area contributed by atoms with E-state index in [1.165, 1.54) is 17.3 Å². The Kier molecular flexibility index (Phi) is 4.35. The number of carbonyl (C=O) groups is 1. The number of rotatable bonds is 3. The normalized spacial score (nSPS) is 25.4. The number of fused-ring (bicyclic) bond motifs is 1. The van der Waals surface area contributed by atoms with Crippen LogP contribution in [0.4, 0.5) is 0 Å². The Morgan fingerprint density at radius 3 is 3.29 bits per heavy atom. The van der Waals surface area contributed by atoms with Crippen molar-refractivity contribution in [2.24, 2.45) is 0 Å². The lowest BCUT2D eigenvalue weighted by molar-refractivity contribution is -0.106. The van der Waals surface area contributed by atoms with Gasteiger partial charge in [-0.25, -0.2) is 0 Å². The fourth-order valence-electron chi connectivity index (χ4n) is 2.00. The summed E-state index contributed by atoms with van der Waals surface area (Å²) in [6.45, 7) is 3.91. The van der Waals surface area contributed by atoms with Crippen molar-refractivity contribution in [1.82, 2.24) is 4.90 Å². The highest BCUT2D eigenvalue weighted by Crippen LogP contribution is 2.34. The van der Waals surface area contributed by atoms with Crippen LogP contribution in [-0.4, -0.2) is 28.4 Å². The molecule has 1 fully saturated rings. The quantitative estimate of drug-likeness (QED) is 0.733. The molecule has 0 spiro atoms. The summed E-state index contributed by atoms with van der Waals surface area (Å²) in [6.07, 6.45) is 9.68. The van der Waals surface area contributed by atoms with Crippen LogP contribution in [0, 0.1) is 0 Å². The maximum Gasteiger partial charge on any atom is 0.212 e. The molecule has 2 rings (SSSR count). The zero-order valence-electron chi connectivity index (χ0n) is 9.86. The number of carbonyl (C=O) groups excluding carboxylic acids is 1. The van der Waals surface area contributed by atoms with E-state index in [0.29, 0.717) is 5.25 Å². The molecular formula is C13H16ClNOS. The Bertz CT molecular complexity index is 400. The first-order valence-corrected chi connectivity index (χ1v) is 7.13. The van der Waals surface area contributed by atoms with E-state index in [4.69, 9.17) is 11.6 Å². The number of hydrogen-bond donors (Lipinski definition) is 0. The van der Waals surface area contributed by atoms with Crippen LogP contribution in [0.15, 0.2) is 35.0 Å². The molecule has 0 aromatic carbocycles. The summed E-state index contributed by atoms with van der Waals surface area (Å²) in [5.74, 6) is 0. The number of hydrogen-bond acceptors (Lipinski definition) is 3. The van der Waals surface area contributed by atoms with E-state index in [9.17, 15) is 4.79 Å². The van der Waals surface area contributed by atoms with Gasteiger partial charge in [-0.05, 0) is 42.8 Å². The van der Waals surface area contributed by atoms with E-state index in [1.807, 2.05) is 19.1 Å². The molecule has 2 aliphatic heterocycles. The molecule has 0 bridgehead atoms. The molecule has 0 aromatic rings. The minimum atomic E-state index is 0.213. The van der Waals surface area contributed by atoms with Gasteiger partial charge in [0.15, 0.2) is 0 Å². The van der Waals surface area contributed by atoms with Crippen LogP contribution < -0.4 is 0 Å². The average molecular weight is 270 g/mol. The summed E-state index contributed by atoms with van der Waals surface area (Å²) in [4.78, 5) is 13.5. The molecule has 1 atom stereocenters. The Morgan fingerprint density at radius 1 is 1.71 bits per heavy atom. The predicted molar refractivity (Wildman–Crippen MR) is 74.0 cm³/mol. The molecular weight excluding hydrogens is 254 g/mol. The lowest BCUT2D eigenvalue weighted by Crippen LogP contribution is -2.31. The van der Waals surface area contributed by atoms with Crippen molar-refractivity contribution in [2.45, 2.75) is 25.0 Å². The maximum atomic E-state index is 11.3. The Labute approximate surface area is 111 Å². The van der Waals surface area contributed by atoms with Gasteiger partial charge in [-0.1, -0.05) is 30.3 Å². The average Bonchev–Trinajstić information content (AvgIpc) is 2.68. The van der Waals surface area contributed by atoms with Gasteiger partial charge in [0.1, 0.15) is 0 Å². The second-order valence-corrected chi connectivity index (χ2v) is 5.91. The molecule has 4 heteroatoms. The van der Waals surface area contributed by atoms with Gasteiger partial charge in [-0.3, -0.25) is 4.79 Å². The highest BCUT2D eigenvalue weighted by molar-refractivity contribution is 8.15. The molecule has 2 nitrogen and oxygen atoms in total. The summed E-state index contributed by atoms with van der Waals surface area (Å²) in [7, 11) is 0. The van der Waals surface area contributed by atoms with Gasteiger partial charge in [0, 0.05) is 23.4 Å². The van der Waals surface area contributed by atoms with Crippen LogP contribution in [-0.2, 0) is 4.79 Å². The number of allylic oxidation sites excluding steroid dienone is 3. The zero-order valence-corrected chi connectivity index (χ0v) is 11.4. The summed E-state index contributed by atoms with van der Waals surface area (Å²) in [6, 6.07) is 0. The molecule has 2 aliphatic rings. The van der Waals surface area contributed by atoms with Gasteiger partial charge in [-0.15, -0.1) is 0 Å². The van der Waals surface area contributed by atoms with Crippen molar-refractivity contribution in [3.63, 3.8) is 0 Å². The van der Waals surface area contributed by atoms with Crippen LogP contribution in [0.1, 0.15) is 19.8 Å². The zero-order chi connectivity index (χ0) is 12.3. The second kappa shape index (κ2) is 5.78. The van der Waals surface area contributed by atoms with Crippen LogP contribution >= 0.6 is 23.4 Å². The highest BCUT2D eigenvalue weighted by Gasteiger charge is 2.29. The topological polar surface area (TPSA) is 20.3 Å². The first kappa shape index (κ1) is 12.8. The Balaban J connectivity index is 1.92. The monoisotopic (exact) mass is 269 g/mol. The SMILES string of the molecule is CC/C(Cl)=C\C=C/N1CCC2SC(=O)C=C2C1. The van der Waals surface area contributed by atoms with Gasteiger partial charge in [0.25, 0.3) is 0 Å². The molecule has 0 N–H and O–H groups in total. The molecule has 0 saturated carbocycles. The molecule has 1 unspecified atom stereocenters. The predicted octanol–water partition coefficient (Wildman–Crippen LogP) is 3.31. The fourth-order valence-corrected chi connectivity index (χ4v) is 3.09. The number of nitrogens with zero attached hydrogens (tertiary/aromatic N) is 1. The molecule has 0 radical (unpaired) electrons. The summed E-state index contributed by atoms with van der Waals surface area (Å²) < 4.78 is 0. The van der Waals surface area contributed by atoms with Crippen molar-refractivity contribution in [1.29, 1.82) is 0 Å². The van der Waals surface area contributed by atoms with Crippen molar-refractivity contribution in [2.75, 3.05) is 13.1 Å². The minimum Gasteiger partial charge on any atom is -0.373 e. The Morgan fingerprint density at radius 2 is 2.53 bits per heavy atom. The van der Waals surface area contributed by atoms with Gasteiger partial charge >= 0.3 is 0 Å². The van der Waals surface area contributed by atoms with E-state index < -0.39 is 0 Å². The third-order valence-corrected chi connectivity index (χ3v) is 4.52. The number of piperidine rings is 1. The van der Waals surface area contributed by atoms with E-state index in [-0.39, 0.29) is 5.12 Å². The van der Waals surface area contributed by atoms with E-state index in [2.05, 4.69) is 11.1 Å². The van der Waals surface area contributed by atoms with E-state index >= 15 is 0 Å². The van der Waals surface area contributed by atoms with E-state index in [1.54, 1.807) is 6.08 Å². The summed E-state index contributed by atoms with van der Waals surface area (Å²) in [5.41, 5.74) is 1.27. The van der Waals surface area contributed by atoms with Gasteiger partial charge in [-0.2, -0.15) is 0 Å². The summed E-state index contributed by atoms with van der Waals surface area (Å²) >= 11 is 7.39. The lowest BCUT2D eigenvalue weighted by atomic mass is 10.0. The Hall–Kier alpha value is -0.670. The molecule has 17 heavy (non-hydrogen) atoms. The van der Waals surface area contributed by atoms with Gasteiger partial charge in [0.2, 0.25) is 5.12 Å². The number of thioether (sulfide) groups is 1. The van der Waals surface area contributed by atoms with Crippen molar-refractivity contribution >= 4 is 28.5 Å². The van der Waals surface area contributed by atoms with Crippen LogP contribution in [0.5, 0.6) is 0 Å². The number of likely N-dealkylation sites (tertiary alicyclic amines) is 1. The van der Waals surface area contributed by atoms with Crippen LogP contribution in [0.2, 0.25) is 0 Å². The highest BCUT2D eigenvalue weighted by atomic mass is 35.5. The standard InChI is InChI=1S/C13H16ClNOS/c1-2-11(14)4-3-6-15-7-5-12-10(9-15)8-13(16)17-12/h3-4,6,8,12H,2,5,7,9H2,1H3/b6-3-,11-4+. The van der Waals surface area contributed by atoms with Gasteiger partial charge < -0.3 is 4.90 Å². The van der Waals surface area contributed by atoms with Crippen LogP contribution in [0.25, 0.3) is 0 Å². The minimum absolute atomic E-state index is 0.213. The van der Waals surface area contributed by atoms with Crippen molar-refractivity contribution < 1.29 is 4.79 Å². The van der Waals surface area contributed by atoms with Gasteiger partial charge in [0.05, 0.1) is 0 Å². The second-order valence-electron chi connectivity index (χ2n) is 4.21. The molecule has 0 amide bonds. The first-order valence-electron chi connectivity index (χ1n) is 5.87. The van der Waals surface area contributed by atoms with Crippen LogP contribution in [0.3, 0.4) is 0 Å². The third kappa shape index (κ3) is 3.39. The molecule has 92 valence electrons.